The average molecular weight is 637 g/mol. The fourth-order valence-corrected chi connectivity index (χ4v) is 6.86. The Hall–Kier alpha value is -5.82. The molecule has 0 N–H and O–H groups in total. The number of hydrogen-bond acceptors (Lipinski definition) is 6. The Morgan fingerprint density at radius 3 is 2.19 bits per heavy atom. The number of anilines is 2. The smallest absolute Gasteiger partial charge is 0.341 e. The van der Waals surface area contributed by atoms with Crippen molar-refractivity contribution in [3.63, 3.8) is 0 Å². The monoisotopic (exact) mass is 636 g/mol. The van der Waals surface area contributed by atoms with Crippen molar-refractivity contribution in [1.29, 1.82) is 0 Å². The van der Waals surface area contributed by atoms with E-state index in [2.05, 4.69) is 35.4 Å². The van der Waals surface area contributed by atoms with E-state index in [1.165, 1.54) is 0 Å². The SMILES string of the molecule is CCOc1ccc(N(c2ccccc2)C2(c3c(C)n(CC)c4ccccc34)OC(=O)c3ccc(C(=O)OCc4ccccc4)cc32)cc1. The predicted molar refractivity (Wildman–Crippen MR) is 187 cm³/mol. The molecule has 1 aliphatic rings. The van der Waals surface area contributed by atoms with Crippen molar-refractivity contribution < 1.29 is 23.8 Å². The van der Waals surface area contributed by atoms with Gasteiger partial charge in [-0.3, -0.25) is 4.90 Å². The second-order valence-electron chi connectivity index (χ2n) is 11.7. The quantitative estimate of drug-likeness (QED) is 0.140. The summed E-state index contributed by atoms with van der Waals surface area (Å²) in [5.41, 5.74) is 5.01. The van der Waals surface area contributed by atoms with E-state index in [0.717, 1.165) is 44.8 Å². The van der Waals surface area contributed by atoms with Gasteiger partial charge < -0.3 is 18.8 Å². The van der Waals surface area contributed by atoms with Crippen molar-refractivity contribution >= 4 is 34.2 Å². The number of aryl methyl sites for hydroxylation is 1. The van der Waals surface area contributed by atoms with Crippen molar-refractivity contribution in [3.8, 4) is 5.75 Å². The highest BCUT2D eigenvalue weighted by molar-refractivity contribution is 6.01. The number of hydrogen-bond donors (Lipinski definition) is 0. The third-order valence-electron chi connectivity index (χ3n) is 8.91. The van der Waals surface area contributed by atoms with Gasteiger partial charge in [-0.25, -0.2) is 9.59 Å². The molecule has 7 heteroatoms. The van der Waals surface area contributed by atoms with Crippen molar-refractivity contribution in [2.45, 2.75) is 39.6 Å². The maximum atomic E-state index is 14.1. The van der Waals surface area contributed by atoms with Gasteiger partial charge in [-0.05, 0) is 87.0 Å². The number of rotatable bonds is 10. The number of ether oxygens (including phenoxy) is 3. The first-order valence-corrected chi connectivity index (χ1v) is 16.2. The lowest BCUT2D eigenvalue weighted by atomic mass is 9.87. The van der Waals surface area contributed by atoms with Gasteiger partial charge >= 0.3 is 11.9 Å². The number of fused-ring (bicyclic) bond motifs is 2. The van der Waals surface area contributed by atoms with Crippen LogP contribution in [0.1, 0.15) is 56.9 Å². The van der Waals surface area contributed by atoms with Gasteiger partial charge in [0, 0.05) is 40.1 Å². The molecule has 1 atom stereocenters. The number of carbonyl (C=O) groups is 2. The Bertz CT molecular complexity index is 2100. The highest BCUT2D eigenvalue weighted by Crippen LogP contribution is 2.53. The molecule has 0 bridgehead atoms. The van der Waals surface area contributed by atoms with Crippen molar-refractivity contribution in [2.24, 2.45) is 0 Å². The predicted octanol–water partition coefficient (Wildman–Crippen LogP) is 8.94. The van der Waals surface area contributed by atoms with Crippen molar-refractivity contribution in [1.82, 2.24) is 4.57 Å². The maximum absolute atomic E-state index is 14.1. The Balaban J connectivity index is 1.50. The first kappa shape index (κ1) is 30.8. The van der Waals surface area contributed by atoms with Crippen LogP contribution in [0.4, 0.5) is 11.4 Å². The Morgan fingerprint density at radius 1 is 0.812 bits per heavy atom. The minimum Gasteiger partial charge on any atom is -0.494 e. The zero-order valence-corrected chi connectivity index (χ0v) is 27.2. The number of cyclic esters (lactones) is 1. The van der Waals surface area contributed by atoms with E-state index in [4.69, 9.17) is 14.2 Å². The van der Waals surface area contributed by atoms with Gasteiger partial charge in [-0.2, -0.15) is 0 Å². The van der Waals surface area contributed by atoms with Crippen LogP contribution in [0.5, 0.6) is 5.75 Å². The highest BCUT2D eigenvalue weighted by Gasteiger charge is 2.55. The second kappa shape index (κ2) is 12.8. The van der Waals surface area contributed by atoms with Crippen LogP contribution in [0.2, 0.25) is 0 Å². The summed E-state index contributed by atoms with van der Waals surface area (Å²) in [4.78, 5) is 29.7. The molecule has 240 valence electrons. The van der Waals surface area contributed by atoms with E-state index in [9.17, 15) is 9.59 Å². The summed E-state index contributed by atoms with van der Waals surface area (Å²) in [6.07, 6.45) is 0. The molecule has 0 aliphatic carbocycles. The first-order valence-electron chi connectivity index (χ1n) is 16.2. The van der Waals surface area contributed by atoms with Crippen LogP contribution in [-0.4, -0.2) is 23.1 Å². The number of para-hydroxylation sites is 2. The summed E-state index contributed by atoms with van der Waals surface area (Å²) in [7, 11) is 0. The minimum absolute atomic E-state index is 0.128. The van der Waals surface area contributed by atoms with Gasteiger partial charge in [0.15, 0.2) is 0 Å². The number of benzene rings is 5. The lowest BCUT2D eigenvalue weighted by molar-refractivity contribution is 0.0136. The van der Waals surface area contributed by atoms with Gasteiger partial charge in [-0.15, -0.1) is 0 Å². The van der Waals surface area contributed by atoms with Gasteiger partial charge in [0.1, 0.15) is 12.4 Å². The summed E-state index contributed by atoms with van der Waals surface area (Å²) in [6.45, 7) is 7.49. The van der Waals surface area contributed by atoms with E-state index >= 15 is 0 Å². The molecule has 0 saturated carbocycles. The van der Waals surface area contributed by atoms with Crippen LogP contribution >= 0.6 is 0 Å². The molecule has 2 heterocycles. The minimum atomic E-state index is -1.50. The molecule has 48 heavy (non-hydrogen) atoms. The van der Waals surface area contributed by atoms with E-state index in [1.807, 2.05) is 104 Å². The second-order valence-corrected chi connectivity index (χ2v) is 11.7. The van der Waals surface area contributed by atoms with Crippen LogP contribution in [0.15, 0.2) is 127 Å². The zero-order valence-electron chi connectivity index (χ0n) is 27.2. The highest BCUT2D eigenvalue weighted by atomic mass is 16.6. The summed E-state index contributed by atoms with van der Waals surface area (Å²) in [6, 6.07) is 40.4. The van der Waals surface area contributed by atoms with Gasteiger partial charge in [0.2, 0.25) is 5.72 Å². The van der Waals surface area contributed by atoms with Crippen LogP contribution in [0.3, 0.4) is 0 Å². The van der Waals surface area contributed by atoms with Crippen molar-refractivity contribution in [2.75, 3.05) is 11.5 Å². The molecular formula is C41H36N2O5. The normalized spacial score (nSPS) is 15.2. The van der Waals surface area contributed by atoms with Gasteiger partial charge in [0.25, 0.3) is 0 Å². The average Bonchev–Trinajstić information content (AvgIpc) is 3.58. The van der Waals surface area contributed by atoms with Crippen LogP contribution in [-0.2, 0) is 28.4 Å². The fraction of sp³-hybridized carbons (Fsp3) is 0.171. The van der Waals surface area contributed by atoms with Crippen molar-refractivity contribution in [3.05, 3.63) is 161 Å². The van der Waals surface area contributed by atoms with Crippen LogP contribution in [0, 0.1) is 6.92 Å². The number of nitrogens with zero attached hydrogens (tertiary/aromatic N) is 2. The van der Waals surface area contributed by atoms with E-state index in [1.54, 1.807) is 18.2 Å². The molecule has 1 unspecified atom stereocenters. The topological polar surface area (TPSA) is 70.0 Å². The standard InChI is InChI=1S/C41H36N2O5/c1-4-42-28(3)38(35-18-12-13-19-37(35)42)41(43(31-16-10-7-11-17-31)32-21-23-33(24-22-32)46-5-2)36-26-30(20-25-34(36)40(45)48-41)39(44)47-27-29-14-8-6-9-15-29/h6-26H,4-5,27H2,1-3H3. The lowest BCUT2D eigenvalue weighted by Gasteiger charge is -2.42. The third-order valence-corrected chi connectivity index (χ3v) is 8.91. The summed E-state index contributed by atoms with van der Waals surface area (Å²) < 4.78 is 20.5. The van der Waals surface area contributed by atoms with E-state index in [-0.39, 0.29) is 6.61 Å². The Labute approximate surface area is 279 Å². The Morgan fingerprint density at radius 2 is 1.48 bits per heavy atom. The fourth-order valence-electron chi connectivity index (χ4n) is 6.86. The molecule has 6 aromatic rings. The van der Waals surface area contributed by atoms with E-state index < -0.39 is 17.7 Å². The molecule has 0 fully saturated rings. The lowest BCUT2D eigenvalue weighted by Crippen LogP contribution is -2.45. The maximum Gasteiger partial charge on any atom is 0.341 e. The molecule has 7 rings (SSSR count). The van der Waals surface area contributed by atoms with Gasteiger partial charge in [0.05, 0.1) is 23.3 Å². The molecule has 0 amide bonds. The molecule has 1 aromatic heterocycles. The molecule has 0 radical (unpaired) electrons. The summed E-state index contributed by atoms with van der Waals surface area (Å²) in [5, 5.41) is 0.946. The Kier molecular flexibility index (Phi) is 8.19. The third kappa shape index (κ3) is 5.17. The van der Waals surface area contributed by atoms with Crippen LogP contribution in [0.25, 0.3) is 10.9 Å². The summed E-state index contributed by atoms with van der Waals surface area (Å²) >= 11 is 0. The molecule has 1 aliphatic heterocycles. The van der Waals surface area contributed by atoms with E-state index in [0.29, 0.717) is 29.8 Å². The molecule has 0 saturated heterocycles. The molecule has 5 aromatic carbocycles. The number of esters is 2. The number of aromatic nitrogens is 1. The first-order chi connectivity index (χ1) is 23.5. The zero-order chi connectivity index (χ0) is 33.3. The molecule has 0 spiro atoms. The molecule has 7 nitrogen and oxygen atoms in total. The molecular weight excluding hydrogens is 600 g/mol. The van der Waals surface area contributed by atoms with Crippen LogP contribution < -0.4 is 9.64 Å². The largest absolute Gasteiger partial charge is 0.494 e. The van der Waals surface area contributed by atoms with Gasteiger partial charge in [-0.1, -0.05) is 66.7 Å². The summed E-state index contributed by atoms with van der Waals surface area (Å²) in [5.74, 6) is -0.238. The number of carbonyl (C=O) groups excluding carboxylic acids is 2.